The van der Waals surface area contributed by atoms with Crippen molar-refractivity contribution in [2.45, 2.75) is 32.1 Å². The molecule has 0 aliphatic carbocycles. The number of nitrogens with zero attached hydrogens (tertiary/aromatic N) is 2. The first-order chi connectivity index (χ1) is 12.2. The number of halogens is 1. The molecule has 0 radical (unpaired) electrons. The number of carbonyl (C=O) groups excluding carboxylic acids is 2. The van der Waals surface area contributed by atoms with E-state index in [9.17, 15) is 9.59 Å². The Bertz CT molecular complexity index is 566. The van der Waals surface area contributed by atoms with E-state index >= 15 is 0 Å². The molecule has 1 aromatic carbocycles. The quantitative estimate of drug-likeness (QED) is 0.871. The first-order valence-corrected chi connectivity index (χ1v) is 9.55. The predicted molar refractivity (Wildman–Crippen MR) is 105 cm³/mol. The maximum Gasteiger partial charge on any atom is 0.225 e. The van der Waals surface area contributed by atoms with Crippen molar-refractivity contribution in [3.8, 4) is 0 Å². The number of rotatable bonds is 4. The Hall–Kier alpha value is -1.59. The zero-order chi connectivity index (χ0) is 17.5. The molecule has 0 atom stereocenters. The molecule has 2 aliphatic rings. The average molecular weight is 380 g/mol. The Morgan fingerprint density at radius 2 is 1.69 bits per heavy atom. The molecule has 6 heteroatoms. The van der Waals surface area contributed by atoms with E-state index < -0.39 is 0 Å². The topological polar surface area (TPSA) is 52.7 Å². The van der Waals surface area contributed by atoms with Crippen molar-refractivity contribution >= 4 is 24.2 Å². The van der Waals surface area contributed by atoms with E-state index in [4.69, 9.17) is 0 Å². The van der Waals surface area contributed by atoms with Crippen LogP contribution in [0.1, 0.15) is 31.2 Å². The number of nitrogens with one attached hydrogen (secondary N) is 1. The molecule has 2 heterocycles. The highest BCUT2D eigenvalue weighted by molar-refractivity contribution is 5.85. The minimum atomic E-state index is 0. The fraction of sp³-hybridized carbons (Fsp3) is 0.600. The predicted octanol–water partition coefficient (Wildman–Crippen LogP) is 2.10. The summed E-state index contributed by atoms with van der Waals surface area (Å²) in [4.78, 5) is 29.1. The fourth-order valence-electron chi connectivity index (χ4n) is 3.75. The van der Waals surface area contributed by atoms with E-state index in [1.54, 1.807) is 0 Å². The SMILES string of the molecule is Cl.O=C(CCc1ccccc1)N1CCC(C(=O)N2CCCNCC2)CC1. The molecule has 0 spiro atoms. The van der Waals surface area contributed by atoms with Crippen LogP contribution in [0.4, 0.5) is 0 Å². The van der Waals surface area contributed by atoms with Gasteiger partial charge in [-0.1, -0.05) is 30.3 Å². The molecule has 2 aliphatic heterocycles. The number of hydrogen-bond acceptors (Lipinski definition) is 3. The monoisotopic (exact) mass is 379 g/mol. The van der Waals surface area contributed by atoms with Crippen molar-refractivity contribution in [3.63, 3.8) is 0 Å². The fourth-order valence-corrected chi connectivity index (χ4v) is 3.75. The maximum atomic E-state index is 12.7. The van der Waals surface area contributed by atoms with Crippen LogP contribution >= 0.6 is 12.4 Å². The molecule has 3 rings (SSSR count). The summed E-state index contributed by atoms with van der Waals surface area (Å²) < 4.78 is 0. The summed E-state index contributed by atoms with van der Waals surface area (Å²) in [6, 6.07) is 10.1. The minimum Gasteiger partial charge on any atom is -0.343 e. The van der Waals surface area contributed by atoms with E-state index in [1.165, 1.54) is 5.56 Å². The molecule has 1 aromatic rings. The van der Waals surface area contributed by atoms with Gasteiger partial charge in [-0.3, -0.25) is 9.59 Å². The van der Waals surface area contributed by atoms with E-state index in [1.807, 2.05) is 28.0 Å². The van der Waals surface area contributed by atoms with E-state index in [-0.39, 0.29) is 24.2 Å². The van der Waals surface area contributed by atoms with Gasteiger partial charge in [-0.05, 0) is 37.8 Å². The third-order valence-electron chi connectivity index (χ3n) is 5.32. The Morgan fingerprint density at radius 1 is 0.962 bits per heavy atom. The maximum absolute atomic E-state index is 12.7. The van der Waals surface area contributed by atoms with Crippen molar-refractivity contribution in [1.82, 2.24) is 15.1 Å². The molecule has 1 N–H and O–H groups in total. The summed E-state index contributed by atoms with van der Waals surface area (Å²) in [5.74, 6) is 0.602. The largest absolute Gasteiger partial charge is 0.343 e. The lowest BCUT2D eigenvalue weighted by Gasteiger charge is -2.34. The second kappa shape index (κ2) is 10.5. The average Bonchev–Trinajstić information content (AvgIpc) is 2.96. The molecule has 0 unspecified atom stereocenters. The first kappa shape index (κ1) is 20.7. The van der Waals surface area contributed by atoms with Gasteiger partial charge in [0.05, 0.1) is 0 Å². The zero-order valence-corrected chi connectivity index (χ0v) is 16.2. The van der Waals surface area contributed by atoms with Crippen molar-refractivity contribution < 1.29 is 9.59 Å². The second-order valence-corrected chi connectivity index (χ2v) is 7.07. The second-order valence-electron chi connectivity index (χ2n) is 7.07. The molecule has 2 saturated heterocycles. The molecule has 5 nitrogen and oxygen atoms in total. The highest BCUT2D eigenvalue weighted by Gasteiger charge is 2.30. The van der Waals surface area contributed by atoms with Gasteiger partial charge < -0.3 is 15.1 Å². The van der Waals surface area contributed by atoms with Gasteiger partial charge in [-0.15, -0.1) is 12.4 Å². The number of benzene rings is 1. The van der Waals surface area contributed by atoms with Crippen LogP contribution in [0.15, 0.2) is 30.3 Å². The third kappa shape index (κ3) is 5.71. The lowest BCUT2D eigenvalue weighted by atomic mass is 9.94. The standard InChI is InChI=1S/C20H29N3O2.ClH/c24-19(8-7-17-5-2-1-3-6-17)22-14-9-18(10-15-22)20(25)23-13-4-11-21-12-16-23;/h1-3,5-6,18,21H,4,7-16H2;1H. The van der Waals surface area contributed by atoms with Gasteiger partial charge in [-0.2, -0.15) is 0 Å². The van der Waals surface area contributed by atoms with Gasteiger partial charge in [-0.25, -0.2) is 0 Å². The molecule has 0 saturated carbocycles. The van der Waals surface area contributed by atoms with Crippen molar-refractivity contribution in [2.75, 3.05) is 39.3 Å². The number of carbonyl (C=O) groups is 2. The Kier molecular flexibility index (Phi) is 8.39. The molecule has 2 fully saturated rings. The van der Waals surface area contributed by atoms with Crippen LogP contribution in [0.25, 0.3) is 0 Å². The van der Waals surface area contributed by atoms with Crippen molar-refractivity contribution in [2.24, 2.45) is 5.92 Å². The lowest BCUT2D eigenvalue weighted by Crippen LogP contribution is -2.45. The zero-order valence-electron chi connectivity index (χ0n) is 15.4. The van der Waals surface area contributed by atoms with Crippen LogP contribution in [-0.4, -0.2) is 60.9 Å². The minimum absolute atomic E-state index is 0. The molecule has 0 bridgehead atoms. The van der Waals surface area contributed by atoms with Gasteiger partial charge in [0.25, 0.3) is 0 Å². The summed E-state index contributed by atoms with van der Waals surface area (Å²) in [6.07, 6.45) is 3.99. The van der Waals surface area contributed by atoms with Crippen molar-refractivity contribution in [3.05, 3.63) is 35.9 Å². The van der Waals surface area contributed by atoms with Crippen LogP contribution in [0, 0.1) is 5.92 Å². The van der Waals surface area contributed by atoms with E-state index in [0.717, 1.165) is 65.0 Å². The summed E-state index contributed by atoms with van der Waals surface area (Å²) in [5.41, 5.74) is 1.20. The Labute approximate surface area is 162 Å². The van der Waals surface area contributed by atoms with Gasteiger partial charge in [0, 0.05) is 45.1 Å². The lowest BCUT2D eigenvalue weighted by molar-refractivity contribution is -0.140. The van der Waals surface area contributed by atoms with Crippen LogP contribution in [0.5, 0.6) is 0 Å². The molecular formula is C20H30ClN3O2. The van der Waals surface area contributed by atoms with Gasteiger partial charge in [0.1, 0.15) is 0 Å². The Balaban J connectivity index is 0.00000243. The molecule has 2 amide bonds. The number of amides is 2. The van der Waals surface area contributed by atoms with Crippen LogP contribution in [-0.2, 0) is 16.0 Å². The molecular weight excluding hydrogens is 350 g/mol. The van der Waals surface area contributed by atoms with Crippen LogP contribution in [0.2, 0.25) is 0 Å². The number of aryl methyl sites for hydroxylation is 1. The number of likely N-dealkylation sites (tertiary alicyclic amines) is 1. The Morgan fingerprint density at radius 3 is 2.42 bits per heavy atom. The summed E-state index contributed by atoms with van der Waals surface area (Å²) in [7, 11) is 0. The van der Waals surface area contributed by atoms with Gasteiger partial charge in [0.15, 0.2) is 0 Å². The normalized spacial score (nSPS) is 18.8. The van der Waals surface area contributed by atoms with Crippen molar-refractivity contribution in [1.29, 1.82) is 0 Å². The first-order valence-electron chi connectivity index (χ1n) is 9.55. The molecule has 0 aromatic heterocycles. The highest BCUT2D eigenvalue weighted by atomic mass is 35.5. The summed E-state index contributed by atoms with van der Waals surface area (Å²) in [6.45, 7) is 5.00. The smallest absolute Gasteiger partial charge is 0.225 e. The van der Waals surface area contributed by atoms with E-state index in [0.29, 0.717) is 12.3 Å². The van der Waals surface area contributed by atoms with Gasteiger partial charge in [0.2, 0.25) is 11.8 Å². The number of piperidine rings is 1. The molecule has 144 valence electrons. The molecule has 26 heavy (non-hydrogen) atoms. The van der Waals surface area contributed by atoms with Gasteiger partial charge >= 0.3 is 0 Å². The number of hydrogen-bond donors (Lipinski definition) is 1. The van der Waals surface area contributed by atoms with E-state index in [2.05, 4.69) is 17.4 Å². The highest BCUT2D eigenvalue weighted by Crippen LogP contribution is 2.21. The summed E-state index contributed by atoms with van der Waals surface area (Å²) >= 11 is 0. The van der Waals surface area contributed by atoms with Crippen LogP contribution in [0.3, 0.4) is 0 Å². The van der Waals surface area contributed by atoms with Crippen LogP contribution < -0.4 is 5.32 Å². The summed E-state index contributed by atoms with van der Waals surface area (Å²) in [5, 5.41) is 3.34. The third-order valence-corrected chi connectivity index (χ3v) is 5.32.